The molecule has 0 aromatic carbocycles. The van der Waals surface area contributed by atoms with Gasteiger partial charge in [0.1, 0.15) is 17.8 Å². The fourth-order valence-corrected chi connectivity index (χ4v) is 3.77. The maximum absolute atomic E-state index is 12.9. The fourth-order valence-electron chi connectivity index (χ4n) is 3.77. The molecule has 5 rings (SSSR count). The number of rotatable bonds is 3. The molecular weight excluding hydrogens is 409 g/mol. The van der Waals surface area contributed by atoms with Crippen molar-refractivity contribution in [2.45, 2.75) is 24.9 Å². The molecule has 1 aliphatic rings. The number of nitrogens with zero attached hydrogens (tertiary/aromatic N) is 8. The lowest BCUT2D eigenvalue weighted by molar-refractivity contribution is -0.141. The minimum atomic E-state index is -4.49. The van der Waals surface area contributed by atoms with E-state index in [4.69, 9.17) is 0 Å². The van der Waals surface area contributed by atoms with E-state index in [1.807, 2.05) is 29.2 Å². The van der Waals surface area contributed by atoms with Gasteiger partial charge in [0, 0.05) is 43.0 Å². The number of hydrogen-bond donors (Lipinski definition) is 0. The zero-order valence-electron chi connectivity index (χ0n) is 16.2. The predicted octanol–water partition coefficient (Wildman–Crippen LogP) is 3.38. The zero-order chi connectivity index (χ0) is 21.4. The van der Waals surface area contributed by atoms with Gasteiger partial charge in [-0.05, 0) is 37.1 Å². The highest BCUT2D eigenvalue weighted by Gasteiger charge is 2.34. The lowest BCUT2D eigenvalue weighted by Crippen LogP contribution is -2.34. The Kier molecular flexibility index (Phi) is 4.72. The molecule has 8 nitrogen and oxygen atoms in total. The standard InChI is InChI=1S/C20H17F3N8/c21-20(22,23)16-10-18(26-12-25-16)30-8-5-13(6-9-30)19-28-27-17-4-3-15(29-31(17)19)14-2-1-7-24-11-14/h1-4,7,10-13H,5-6,8-9H2. The first kappa shape index (κ1) is 19.3. The number of piperidine rings is 1. The quantitative estimate of drug-likeness (QED) is 0.497. The Morgan fingerprint density at radius 3 is 2.58 bits per heavy atom. The SMILES string of the molecule is FC(F)(F)c1cc(N2CCC(c3nnc4ccc(-c5cccnc5)nn34)CC2)ncn1. The summed E-state index contributed by atoms with van der Waals surface area (Å²) < 4.78 is 40.6. The van der Waals surface area contributed by atoms with E-state index in [0.717, 1.165) is 29.5 Å². The van der Waals surface area contributed by atoms with E-state index in [1.54, 1.807) is 16.9 Å². The number of hydrogen-bond acceptors (Lipinski definition) is 7. The topological polar surface area (TPSA) is 85.0 Å². The van der Waals surface area contributed by atoms with Crippen molar-refractivity contribution in [1.82, 2.24) is 34.8 Å². The second-order valence-corrected chi connectivity index (χ2v) is 7.31. The second-order valence-electron chi connectivity index (χ2n) is 7.31. The molecule has 0 bridgehead atoms. The van der Waals surface area contributed by atoms with Gasteiger partial charge in [-0.15, -0.1) is 10.2 Å². The second kappa shape index (κ2) is 7.56. The highest BCUT2D eigenvalue weighted by molar-refractivity contribution is 5.58. The molecule has 0 atom stereocenters. The molecule has 11 heteroatoms. The van der Waals surface area contributed by atoms with Crippen molar-refractivity contribution in [2.75, 3.05) is 18.0 Å². The molecule has 0 spiro atoms. The number of alkyl halides is 3. The van der Waals surface area contributed by atoms with Crippen molar-refractivity contribution in [1.29, 1.82) is 0 Å². The Labute approximate surface area is 174 Å². The lowest BCUT2D eigenvalue weighted by Gasteiger charge is -2.32. The van der Waals surface area contributed by atoms with Crippen molar-refractivity contribution >= 4 is 11.5 Å². The molecule has 1 saturated heterocycles. The van der Waals surface area contributed by atoms with Crippen LogP contribution in [0.4, 0.5) is 19.0 Å². The number of fused-ring (bicyclic) bond motifs is 1. The molecule has 31 heavy (non-hydrogen) atoms. The molecule has 1 aliphatic heterocycles. The molecule has 0 unspecified atom stereocenters. The third-order valence-electron chi connectivity index (χ3n) is 5.37. The van der Waals surface area contributed by atoms with Gasteiger partial charge in [-0.2, -0.15) is 22.8 Å². The largest absolute Gasteiger partial charge is 0.433 e. The fraction of sp³-hybridized carbons (Fsp3) is 0.300. The molecule has 0 radical (unpaired) electrons. The number of aromatic nitrogens is 7. The van der Waals surface area contributed by atoms with Gasteiger partial charge < -0.3 is 4.90 Å². The van der Waals surface area contributed by atoms with Crippen molar-refractivity contribution in [3.63, 3.8) is 0 Å². The first-order valence-corrected chi connectivity index (χ1v) is 9.76. The smallest absolute Gasteiger partial charge is 0.356 e. The third-order valence-corrected chi connectivity index (χ3v) is 5.37. The van der Waals surface area contributed by atoms with Gasteiger partial charge in [-0.1, -0.05) is 0 Å². The van der Waals surface area contributed by atoms with Gasteiger partial charge in [-0.3, -0.25) is 4.98 Å². The van der Waals surface area contributed by atoms with E-state index in [9.17, 15) is 13.2 Å². The van der Waals surface area contributed by atoms with Gasteiger partial charge in [0.2, 0.25) is 0 Å². The Hall–Kier alpha value is -3.63. The minimum Gasteiger partial charge on any atom is -0.356 e. The van der Waals surface area contributed by atoms with Gasteiger partial charge in [0.05, 0.1) is 5.69 Å². The minimum absolute atomic E-state index is 0.0897. The van der Waals surface area contributed by atoms with Crippen LogP contribution < -0.4 is 4.90 Å². The highest BCUT2D eigenvalue weighted by atomic mass is 19.4. The van der Waals surface area contributed by atoms with E-state index in [1.165, 1.54) is 0 Å². The molecule has 0 amide bonds. The van der Waals surface area contributed by atoms with Crippen LogP contribution >= 0.6 is 0 Å². The maximum atomic E-state index is 12.9. The summed E-state index contributed by atoms with van der Waals surface area (Å²) in [6.07, 6.45) is 1.31. The Morgan fingerprint density at radius 2 is 1.84 bits per heavy atom. The summed E-state index contributed by atoms with van der Waals surface area (Å²) >= 11 is 0. The summed E-state index contributed by atoms with van der Waals surface area (Å²) in [5, 5.41) is 13.2. The molecule has 158 valence electrons. The van der Waals surface area contributed by atoms with Crippen LogP contribution in [-0.4, -0.2) is 47.9 Å². The molecule has 1 fully saturated rings. The van der Waals surface area contributed by atoms with Crippen LogP contribution in [0, 0.1) is 0 Å². The number of halogens is 3. The van der Waals surface area contributed by atoms with E-state index < -0.39 is 11.9 Å². The van der Waals surface area contributed by atoms with Crippen molar-refractivity contribution in [2.24, 2.45) is 0 Å². The summed E-state index contributed by atoms with van der Waals surface area (Å²) in [7, 11) is 0. The molecule has 5 heterocycles. The molecular formula is C20H17F3N8. The average Bonchev–Trinajstić information content (AvgIpc) is 3.23. The number of anilines is 1. The van der Waals surface area contributed by atoms with Crippen LogP contribution in [-0.2, 0) is 6.18 Å². The van der Waals surface area contributed by atoms with E-state index >= 15 is 0 Å². The average molecular weight is 426 g/mol. The monoisotopic (exact) mass is 426 g/mol. The van der Waals surface area contributed by atoms with Crippen molar-refractivity contribution < 1.29 is 13.2 Å². The Bertz CT molecular complexity index is 1200. The van der Waals surface area contributed by atoms with Gasteiger partial charge in [0.15, 0.2) is 11.5 Å². The van der Waals surface area contributed by atoms with Gasteiger partial charge in [0.25, 0.3) is 0 Å². The van der Waals surface area contributed by atoms with Crippen molar-refractivity contribution in [3.8, 4) is 11.3 Å². The molecule has 4 aromatic heterocycles. The molecule has 0 N–H and O–H groups in total. The summed E-state index contributed by atoms with van der Waals surface area (Å²) in [5.74, 6) is 1.12. The molecule has 4 aromatic rings. The molecule has 0 saturated carbocycles. The van der Waals surface area contributed by atoms with Crippen LogP contribution in [0.15, 0.2) is 49.1 Å². The van der Waals surface area contributed by atoms with Crippen LogP contribution in [0.5, 0.6) is 0 Å². The van der Waals surface area contributed by atoms with E-state index in [2.05, 4.69) is 30.2 Å². The Morgan fingerprint density at radius 1 is 1.00 bits per heavy atom. The lowest BCUT2D eigenvalue weighted by atomic mass is 9.96. The summed E-state index contributed by atoms with van der Waals surface area (Å²) in [5.41, 5.74) is 1.37. The highest BCUT2D eigenvalue weighted by Crippen LogP contribution is 2.32. The summed E-state index contributed by atoms with van der Waals surface area (Å²) in [6, 6.07) is 8.51. The predicted molar refractivity (Wildman–Crippen MR) is 105 cm³/mol. The zero-order valence-corrected chi connectivity index (χ0v) is 16.2. The summed E-state index contributed by atoms with van der Waals surface area (Å²) in [4.78, 5) is 13.3. The van der Waals surface area contributed by atoms with Crippen LogP contribution in [0.1, 0.15) is 30.3 Å². The van der Waals surface area contributed by atoms with E-state index in [-0.39, 0.29) is 11.7 Å². The van der Waals surface area contributed by atoms with Gasteiger partial charge in [-0.25, -0.2) is 9.97 Å². The maximum Gasteiger partial charge on any atom is 0.433 e. The molecule has 0 aliphatic carbocycles. The third kappa shape index (κ3) is 3.78. The van der Waals surface area contributed by atoms with E-state index in [0.29, 0.717) is 31.6 Å². The summed E-state index contributed by atoms with van der Waals surface area (Å²) in [6.45, 7) is 1.10. The number of pyridine rings is 1. The van der Waals surface area contributed by atoms with Crippen molar-refractivity contribution in [3.05, 3.63) is 60.6 Å². The first-order valence-electron chi connectivity index (χ1n) is 9.76. The van der Waals surface area contributed by atoms with Gasteiger partial charge >= 0.3 is 6.18 Å². The Balaban J connectivity index is 1.36. The normalized spacial score (nSPS) is 15.5. The first-order chi connectivity index (χ1) is 15.0. The van der Waals surface area contributed by atoms with Crippen LogP contribution in [0.3, 0.4) is 0 Å². The van der Waals surface area contributed by atoms with Crippen LogP contribution in [0.25, 0.3) is 16.9 Å². The van der Waals surface area contributed by atoms with Crippen LogP contribution in [0.2, 0.25) is 0 Å².